The number of methoxy groups -OCH3 is 1. The summed E-state index contributed by atoms with van der Waals surface area (Å²) >= 11 is 0. The molecule has 1 aliphatic carbocycles. The maximum Gasteiger partial charge on any atom is 0.270 e. The number of carbonyl (C=O) groups excluding carboxylic acids is 3. The van der Waals surface area contributed by atoms with E-state index in [1.807, 2.05) is 18.2 Å². The number of hydrogen-bond acceptors (Lipinski definition) is 5. The summed E-state index contributed by atoms with van der Waals surface area (Å²) in [4.78, 5) is 43.6. The van der Waals surface area contributed by atoms with Gasteiger partial charge in [-0.25, -0.2) is 0 Å². The van der Waals surface area contributed by atoms with Crippen LogP contribution in [0.5, 0.6) is 5.75 Å². The van der Waals surface area contributed by atoms with E-state index >= 15 is 0 Å². The van der Waals surface area contributed by atoms with Crippen molar-refractivity contribution in [2.45, 2.75) is 50.6 Å². The minimum Gasteiger partial charge on any atom is -0.496 e. The maximum absolute atomic E-state index is 13.5. The molecule has 0 unspecified atom stereocenters. The number of likely N-dealkylation sites (tertiary alicyclic amines) is 1. The molecule has 3 fully saturated rings. The van der Waals surface area contributed by atoms with E-state index in [1.54, 1.807) is 18.1 Å². The molecule has 0 radical (unpaired) electrons. The number of fused-ring (bicyclic) bond motifs is 1. The number of ether oxygens (including phenoxy) is 1. The number of benzene rings is 1. The standard InChI is InChI=1S/C25H29N5O4/c1-34-21-4-2-3-18-17(21)12-19(29-18)24(33)30-10-8-25(6-7-25)13-20(30)23(32)28-16(14-26)11-15-5-9-27-22(15)31/h2-4,12,15-16,20,29H,5-11,13H2,1H3,(H,27,31)(H,28,32)/t15-,16-,20-/m0/s1. The summed E-state index contributed by atoms with van der Waals surface area (Å²) in [5.41, 5.74) is 1.32. The van der Waals surface area contributed by atoms with E-state index in [0.717, 1.165) is 30.2 Å². The lowest BCUT2D eigenvalue weighted by Crippen LogP contribution is -2.55. The van der Waals surface area contributed by atoms with Gasteiger partial charge in [-0.15, -0.1) is 0 Å². The van der Waals surface area contributed by atoms with Crippen LogP contribution in [-0.2, 0) is 9.59 Å². The van der Waals surface area contributed by atoms with E-state index in [1.165, 1.54) is 0 Å². The van der Waals surface area contributed by atoms with Gasteiger partial charge in [-0.2, -0.15) is 5.26 Å². The molecule has 3 N–H and O–H groups in total. The van der Waals surface area contributed by atoms with Crippen LogP contribution in [-0.4, -0.2) is 59.9 Å². The van der Waals surface area contributed by atoms with E-state index in [-0.39, 0.29) is 35.5 Å². The Morgan fingerprint density at radius 1 is 1.35 bits per heavy atom. The molecule has 3 atom stereocenters. The number of nitrogens with one attached hydrogen (secondary N) is 3. The molecule has 9 nitrogen and oxygen atoms in total. The fourth-order valence-corrected chi connectivity index (χ4v) is 5.39. The van der Waals surface area contributed by atoms with Crippen LogP contribution in [0.15, 0.2) is 24.3 Å². The number of nitrogens with zero attached hydrogens (tertiary/aromatic N) is 2. The number of aromatic amines is 1. The molecule has 0 bridgehead atoms. The lowest BCUT2D eigenvalue weighted by atomic mass is 9.87. The molecule has 34 heavy (non-hydrogen) atoms. The van der Waals surface area contributed by atoms with Crippen LogP contribution in [0.25, 0.3) is 10.9 Å². The molecular formula is C25H29N5O4. The van der Waals surface area contributed by atoms with E-state index in [0.29, 0.717) is 37.4 Å². The van der Waals surface area contributed by atoms with Crippen molar-refractivity contribution < 1.29 is 19.1 Å². The molecule has 1 aromatic carbocycles. The number of rotatable bonds is 6. The number of nitriles is 1. The fourth-order valence-electron chi connectivity index (χ4n) is 5.39. The van der Waals surface area contributed by atoms with Gasteiger partial charge < -0.3 is 25.3 Å². The van der Waals surface area contributed by atoms with E-state index in [2.05, 4.69) is 21.7 Å². The average molecular weight is 464 g/mol. The summed E-state index contributed by atoms with van der Waals surface area (Å²) in [6.07, 6.45) is 4.53. The Morgan fingerprint density at radius 2 is 2.18 bits per heavy atom. The van der Waals surface area contributed by atoms with Crippen LogP contribution >= 0.6 is 0 Å². The molecule has 9 heteroatoms. The Bertz CT molecular complexity index is 1180. The van der Waals surface area contributed by atoms with Crippen molar-refractivity contribution in [2.24, 2.45) is 11.3 Å². The van der Waals surface area contributed by atoms with Crippen molar-refractivity contribution in [2.75, 3.05) is 20.2 Å². The first-order valence-corrected chi connectivity index (χ1v) is 11.9. The summed E-state index contributed by atoms with van der Waals surface area (Å²) < 4.78 is 5.41. The Morgan fingerprint density at radius 3 is 2.85 bits per heavy atom. The molecule has 1 saturated carbocycles. The normalized spacial score (nSPS) is 23.9. The summed E-state index contributed by atoms with van der Waals surface area (Å²) in [7, 11) is 1.59. The molecule has 2 saturated heterocycles. The molecule has 2 aromatic rings. The zero-order valence-corrected chi connectivity index (χ0v) is 19.2. The molecule has 2 aliphatic heterocycles. The van der Waals surface area contributed by atoms with Gasteiger partial charge in [-0.1, -0.05) is 6.07 Å². The second kappa shape index (κ2) is 8.67. The van der Waals surface area contributed by atoms with E-state index in [4.69, 9.17) is 4.74 Å². The highest BCUT2D eigenvalue weighted by atomic mass is 16.5. The molecule has 1 spiro atoms. The SMILES string of the molecule is COc1cccc2[nH]c(C(=O)N3CCC4(CC4)C[C@H]3C(=O)N[C@H](C#N)C[C@@H]3CCNC3=O)cc12. The second-order valence-electron chi connectivity index (χ2n) is 9.78. The first-order valence-electron chi connectivity index (χ1n) is 11.9. The fraction of sp³-hybridized carbons (Fsp3) is 0.520. The number of amides is 3. The van der Waals surface area contributed by atoms with Gasteiger partial charge in [-0.3, -0.25) is 14.4 Å². The number of aromatic nitrogens is 1. The van der Waals surface area contributed by atoms with E-state index < -0.39 is 12.1 Å². The van der Waals surface area contributed by atoms with Gasteiger partial charge >= 0.3 is 0 Å². The van der Waals surface area contributed by atoms with Gasteiger partial charge in [0.2, 0.25) is 11.8 Å². The predicted octanol–water partition coefficient (Wildman–Crippen LogP) is 2.10. The average Bonchev–Trinajstić information content (AvgIpc) is 3.25. The van der Waals surface area contributed by atoms with Gasteiger partial charge in [0.1, 0.15) is 23.5 Å². The van der Waals surface area contributed by atoms with Crippen LogP contribution in [0.2, 0.25) is 0 Å². The quantitative estimate of drug-likeness (QED) is 0.605. The van der Waals surface area contributed by atoms with Crippen LogP contribution in [0.1, 0.15) is 49.0 Å². The molecule has 3 aliphatic rings. The summed E-state index contributed by atoms with van der Waals surface area (Å²) in [5, 5.41) is 16.0. The molecule has 178 valence electrons. The highest BCUT2D eigenvalue weighted by molar-refractivity contribution is 6.01. The Hall–Kier alpha value is -3.54. The summed E-state index contributed by atoms with van der Waals surface area (Å²) in [6.45, 7) is 1.09. The summed E-state index contributed by atoms with van der Waals surface area (Å²) in [5.74, 6) is -0.235. The molecule has 5 rings (SSSR count). The van der Waals surface area contributed by atoms with E-state index in [9.17, 15) is 19.6 Å². The Kier molecular flexibility index (Phi) is 5.68. The van der Waals surface area contributed by atoms with Gasteiger partial charge in [0.05, 0.1) is 13.2 Å². The lowest BCUT2D eigenvalue weighted by molar-refractivity contribution is -0.128. The third kappa shape index (κ3) is 4.09. The topological polar surface area (TPSA) is 127 Å². The molecule has 3 amide bonds. The first-order chi connectivity index (χ1) is 16.4. The number of piperidine rings is 1. The van der Waals surface area contributed by atoms with Gasteiger partial charge in [0.25, 0.3) is 5.91 Å². The lowest BCUT2D eigenvalue weighted by Gasteiger charge is -2.39. The third-order valence-electron chi connectivity index (χ3n) is 7.64. The van der Waals surface area contributed by atoms with Gasteiger partial charge in [0, 0.05) is 29.9 Å². The monoisotopic (exact) mass is 463 g/mol. The van der Waals surface area contributed by atoms with Crippen LogP contribution in [0.4, 0.5) is 0 Å². The minimum absolute atomic E-state index is 0.0739. The van der Waals surface area contributed by atoms with Crippen molar-refractivity contribution in [1.82, 2.24) is 20.5 Å². The largest absolute Gasteiger partial charge is 0.496 e. The van der Waals surface area contributed by atoms with Gasteiger partial charge in [0.15, 0.2) is 0 Å². The van der Waals surface area contributed by atoms with Crippen molar-refractivity contribution in [3.63, 3.8) is 0 Å². The third-order valence-corrected chi connectivity index (χ3v) is 7.64. The van der Waals surface area contributed by atoms with Crippen LogP contribution in [0.3, 0.4) is 0 Å². The van der Waals surface area contributed by atoms with Crippen molar-refractivity contribution in [3.05, 3.63) is 30.0 Å². The van der Waals surface area contributed by atoms with Crippen molar-refractivity contribution in [1.29, 1.82) is 5.26 Å². The Labute approximate surface area is 197 Å². The highest BCUT2D eigenvalue weighted by Crippen LogP contribution is 2.55. The molecular weight excluding hydrogens is 434 g/mol. The highest BCUT2D eigenvalue weighted by Gasteiger charge is 2.51. The zero-order valence-electron chi connectivity index (χ0n) is 19.2. The van der Waals surface area contributed by atoms with Crippen LogP contribution < -0.4 is 15.4 Å². The number of hydrogen-bond donors (Lipinski definition) is 3. The number of H-pyrrole nitrogens is 1. The molecule has 3 heterocycles. The number of carbonyl (C=O) groups is 3. The first kappa shape index (κ1) is 22.3. The second-order valence-corrected chi connectivity index (χ2v) is 9.78. The smallest absolute Gasteiger partial charge is 0.270 e. The minimum atomic E-state index is -0.771. The van der Waals surface area contributed by atoms with Gasteiger partial charge in [-0.05, 0) is 62.1 Å². The molecule has 1 aromatic heterocycles. The van der Waals surface area contributed by atoms with Crippen molar-refractivity contribution >= 4 is 28.6 Å². The van der Waals surface area contributed by atoms with Crippen molar-refractivity contribution in [3.8, 4) is 11.8 Å². The Balaban J connectivity index is 1.35. The predicted molar refractivity (Wildman–Crippen MR) is 124 cm³/mol. The van der Waals surface area contributed by atoms with Crippen LogP contribution in [0, 0.1) is 22.7 Å². The zero-order chi connectivity index (χ0) is 23.9. The summed E-state index contributed by atoms with van der Waals surface area (Å²) in [6, 6.07) is 8.05. The maximum atomic E-state index is 13.5.